The molecule has 0 bridgehead atoms. The molecule has 0 rings (SSSR count). The first-order chi connectivity index (χ1) is 3.35. The predicted octanol–water partition coefficient (Wildman–Crippen LogP) is 1.98. The molecule has 0 aromatic heterocycles. The van der Waals surface area contributed by atoms with E-state index < -0.39 is 0 Å². The summed E-state index contributed by atoms with van der Waals surface area (Å²) in [4.78, 5) is 0. The van der Waals surface area contributed by atoms with Crippen LogP contribution in [0.1, 0.15) is 26.7 Å². The zero-order chi connectivity index (χ0) is 5.70. The largest absolute Gasteiger partial charge is 0.362 e. The van der Waals surface area contributed by atoms with Crippen LogP contribution in [0, 0.1) is 0 Å². The van der Waals surface area contributed by atoms with Crippen LogP contribution in [0.2, 0.25) is 0 Å². The lowest BCUT2D eigenvalue weighted by atomic mass is 10.2. The quantitative estimate of drug-likeness (QED) is 0.517. The Morgan fingerprint density at radius 2 is 1.86 bits per heavy atom. The molecule has 0 aromatic carbocycles. The zero-order valence-corrected chi connectivity index (χ0v) is 6.13. The molecule has 0 aliphatic heterocycles. The fraction of sp³-hybridized carbons (Fsp3) is 1.00. The number of hydrogen-bond acceptors (Lipinski definition) is 1. The third-order valence-corrected chi connectivity index (χ3v) is 1.49. The second kappa shape index (κ2) is 4.55. The van der Waals surface area contributed by atoms with Crippen LogP contribution in [0.15, 0.2) is 0 Å². The minimum Gasteiger partial charge on any atom is -0.362 e. The SMILES string of the molecule is CCC(CC)OP. The first-order valence-corrected chi connectivity index (χ1v) is 3.17. The molecule has 0 saturated heterocycles. The molecule has 0 radical (unpaired) electrons. The third-order valence-electron chi connectivity index (χ3n) is 1.10. The monoisotopic (exact) mass is 120 g/mol. The Hall–Kier alpha value is 0.390. The normalized spacial score (nSPS) is 10.3. The third kappa shape index (κ3) is 3.02. The van der Waals surface area contributed by atoms with Crippen molar-refractivity contribution in [2.75, 3.05) is 0 Å². The molecular formula is C5H13OP. The maximum absolute atomic E-state index is 4.97. The molecule has 44 valence electrons. The zero-order valence-electron chi connectivity index (χ0n) is 4.98. The fourth-order valence-corrected chi connectivity index (χ4v) is 0.866. The predicted molar refractivity (Wildman–Crippen MR) is 35.2 cm³/mol. The van der Waals surface area contributed by atoms with Crippen LogP contribution in [0.25, 0.3) is 0 Å². The van der Waals surface area contributed by atoms with Crippen molar-refractivity contribution >= 4 is 9.47 Å². The van der Waals surface area contributed by atoms with Gasteiger partial charge in [-0.2, -0.15) is 0 Å². The van der Waals surface area contributed by atoms with Gasteiger partial charge in [0.2, 0.25) is 0 Å². The van der Waals surface area contributed by atoms with Gasteiger partial charge in [-0.15, -0.1) is 0 Å². The summed E-state index contributed by atoms with van der Waals surface area (Å²) in [6.07, 6.45) is 2.67. The van der Waals surface area contributed by atoms with Gasteiger partial charge in [-0.1, -0.05) is 13.8 Å². The molecule has 0 heterocycles. The molecule has 1 atom stereocenters. The van der Waals surface area contributed by atoms with E-state index in [0.29, 0.717) is 6.10 Å². The minimum atomic E-state index is 0.449. The maximum atomic E-state index is 4.97. The molecule has 0 fully saturated rings. The van der Waals surface area contributed by atoms with Gasteiger partial charge in [0.15, 0.2) is 0 Å². The van der Waals surface area contributed by atoms with Crippen molar-refractivity contribution < 1.29 is 4.52 Å². The summed E-state index contributed by atoms with van der Waals surface area (Å²) in [5, 5.41) is 0. The highest BCUT2D eigenvalue weighted by Gasteiger charge is 1.96. The van der Waals surface area contributed by atoms with Gasteiger partial charge in [0.25, 0.3) is 0 Å². The van der Waals surface area contributed by atoms with E-state index in [0.717, 1.165) is 12.8 Å². The lowest BCUT2D eigenvalue weighted by Crippen LogP contribution is -2.01. The van der Waals surface area contributed by atoms with Crippen LogP contribution in [0.3, 0.4) is 0 Å². The summed E-state index contributed by atoms with van der Waals surface area (Å²) in [7, 11) is 2.28. The Balaban J connectivity index is 2.99. The molecule has 2 heteroatoms. The van der Waals surface area contributed by atoms with Crippen LogP contribution >= 0.6 is 9.47 Å². The number of rotatable bonds is 3. The van der Waals surface area contributed by atoms with E-state index in [2.05, 4.69) is 23.3 Å². The Labute approximate surface area is 47.7 Å². The Bertz CT molecular complexity index is 29.6. The average molecular weight is 120 g/mol. The summed E-state index contributed by atoms with van der Waals surface area (Å²) in [6.45, 7) is 4.25. The number of hydrogen-bond donors (Lipinski definition) is 0. The highest BCUT2D eigenvalue weighted by atomic mass is 31.0. The fourth-order valence-electron chi connectivity index (χ4n) is 0.481. The van der Waals surface area contributed by atoms with Crippen molar-refractivity contribution in [1.82, 2.24) is 0 Å². The molecule has 1 unspecified atom stereocenters. The van der Waals surface area contributed by atoms with Crippen LogP contribution in [-0.4, -0.2) is 6.10 Å². The van der Waals surface area contributed by atoms with E-state index in [9.17, 15) is 0 Å². The van der Waals surface area contributed by atoms with Gasteiger partial charge < -0.3 is 4.52 Å². The highest BCUT2D eigenvalue weighted by molar-refractivity contribution is 7.09. The second-order valence-electron chi connectivity index (χ2n) is 1.57. The van der Waals surface area contributed by atoms with Gasteiger partial charge in [-0.3, -0.25) is 0 Å². The molecule has 7 heavy (non-hydrogen) atoms. The Kier molecular flexibility index (Phi) is 4.80. The van der Waals surface area contributed by atoms with Gasteiger partial charge in [-0.05, 0) is 12.8 Å². The van der Waals surface area contributed by atoms with Crippen molar-refractivity contribution in [3.8, 4) is 0 Å². The van der Waals surface area contributed by atoms with E-state index >= 15 is 0 Å². The van der Waals surface area contributed by atoms with Gasteiger partial charge in [0, 0.05) is 9.47 Å². The lowest BCUT2D eigenvalue weighted by molar-refractivity contribution is 0.229. The molecule has 0 aliphatic carbocycles. The lowest BCUT2D eigenvalue weighted by Gasteiger charge is -2.06. The first kappa shape index (κ1) is 7.39. The molecule has 0 aromatic rings. The maximum Gasteiger partial charge on any atom is 0.0605 e. The molecular weight excluding hydrogens is 107 g/mol. The minimum absolute atomic E-state index is 0.449. The van der Waals surface area contributed by atoms with E-state index in [1.807, 2.05) is 0 Å². The Morgan fingerprint density at radius 1 is 1.43 bits per heavy atom. The highest BCUT2D eigenvalue weighted by Crippen LogP contribution is 2.05. The van der Waals surface area contributed by atoms with E-state index in [-0.39, 0.29) is 0 Å². The van der Waals surface area contributed by atoms with Crippen molar-refractivity contribution in [1.29, 1.82) is 0 Å². The van der Waals surface area contributed by atoms with E-state index in [4.69, 9.17) is 4.52 Å². The molecule has 0 N–H and O–H groups in total. The second-order valence-corrected chi connectivity index (χ2v) is 1.85. The van der Waals surface area contributed by atoms with Crippen LogP contribution in [0.5, 0.6) is 0 Å². The summed E-state index contributed by atoms with van der Waals surface area (Å²) in [5.74, 6) is 0. The topological polar surface area (TPSA) is 9.23 Å². The summed E-state index contributed by atoms with van der Waals surface area (Å²) in [6, 6.07) is 0. The molecule has 1 nitrogen and oxygen atoms in total. The van der Waals surface area contributed by atoms with Gasteiger partial charge >= 0.3 is 0 Å². The molecule has 0 aliphatic rings. The van der Waals surface area contributed by atoms with Crippen LogP contribution < -0.4 is 0 Å². The van der Waals surface area contributed by atoms with Crippen molar-refractivity contribution in [2.24, 2.45) is 0 Å². The smallest absolute Gasteiger partial charge is 0.0605 e. The molecule has 0 amide bonds. The first-order valence-electron chi connectivity index (χ1n) is 2.70. The van der Waals surface area contributed by atoms with Crippen LogP contribution in [0.4, 0.5) is 0 Å². The van der Waals surface area contributed by atoms with Crippen LogP contribution in [-0.2, 0) is 4.52 Å². The summed E-state index contributed by atoms with van der Waals surface area (Å²) < 4.78 is 4.97. The van der Waals surface area contributed by atoms with Crippen molar-refractivity contribution in [3.05, 3.63) is 0 Å². The average Bonchev–Trinajstić information content (AvgIpc) is 1.72. The van der Waals surface area contributed by atoms with Gasteiger partial charge in [-0.25, -0.2) is 0 Å². The summed E-state index contributed by atoms with van der Waals surface area (Å²) in [5.41, 5.74) is 0. The summed E-state index contributed by atoms with van der Waals surface area (Å²) >= 11 is 0. The van der Waals surface area contributed by atoms with Crippen molar-refractivity contribution in [3.63, 3.8) is 0 Å². The van der Waals surface area contributed by atoms with Gasteiger partial charge in [0.1, 0.15) is 0 Å². The molecule has 0 spiro atoms. The van der Waals surface area contributed by atoms with Gasteiger partial charge in [0.05, 0.1) is 6.10 Å². The van der Waals surface area contributed by atoms with E-state index in [1.54, 1.807) is 0 Å². The van der Waals surface area contributed by atoms with Crippen molar-refractivity contribution in [2.45, 2.75) is 32.8 Å². The molecule has 0 saturated carbocycles. The Morgan fingerprint density at radius 3 is 1.86 bits per heavy atom. The standard InChI is InChI=1S/C5H13OP/c1-3-5(4-2)6-7/h5H,3-4,7H2,1-2H3. The van der Waals surface area contributed by atoms with E-state index in [1.165, 1.54) is 0 Å².